The molecule has 1 aromatic heterocycles. The number of anilines is 1. The van der Waals surface area contributed by atoms with Crippen LogP contribution in [0.5, 0.6) is 0 Å². The van der Waals surface area contributed by atoms with E-state index >= 15 is 0 Å². The highest BCUT2D eigenvalue weighted by Crippen LogP contribution is 2.21. The molecule has 0 fully saturated rings. The number of hydrogen-bond acceptors (Lipinski definition) is 3. The zero-order valence-corrected chi connectivity index (χ0v) is 15.4. The summed E-state index contributed by atoms with van der Waals surface area (Å²) in [6, 6.07) is 11.5. The number of hydrogen-bond donors (Lipinski definition) is 3. The molecule has 0 aliphatic rings. The van der Waals surface area contributed by atoms with Gasteiger partial charge >= 0.3 is 6.03 Å². The topological polar surface area (TPSA) is 102 Å². The average molecular weight is 381 g/mol. The Morgan fingerprint density at radius 1 is 1.18 bits per heavy atom. The van der Waals surface area contributed by atoms with Crippen LogP contribution >= 0.6 is 0 Å². The molecule has 3 rings (SSSR count). The largest absolute Gasteiger partial charge is 0.351 e. The highest BCUT2D eigenvalue weighted by Gasteiger charge is 2.17. The lowest BCUT2D eigenvalue weighted by Crippen LogP contribution is -2.27. The van der Waals surface area contributed by atoms with Crippen molar-refractivity contribution in [2.75, 3.05) is 5.32 Å². The predicted octanol–water partition coefficient (Wildman–Crippen LogP) is 3.30. The minimum absolute atomic E-state index is 0.297. The highest BCUT2D eigenvalue weighted by atomic mass is 19.1. The molecule has 8 heteroatoms. The number of carbonyl (C=O) groups excluding carboxylic acids is 2. The van der Waals surface area contributed by atoms with Gasteiger partial charge in [-0.1, -0.05) is 6.07 Å². The molecule has 0 saturated heterocycles. The second kappa shape index (κ2) is 7.91. The molecule has 0 aliphatic carbocycles. The second-order valence-corrected chi connectivity index (χ2v) is 6.34. The van der Waals surface area contributed by atoms with E-state index in [4.69, 9.17) is 5.73 Å². The van der Waals surface area contributed by atoms with Crippen LogP contribution in [0, 0.1) is 12.7 Å². The number of aromatic nitrogens is 2. The van der Waals surface area contributed by atoms with E-state index in [0.29, 0.717) is 11.3 Å². The number of nitrogens with two attached hydrogens (primary N) is 1. The maximum Gasteiger partial charge on any atom is 0.316 e. The van der Waals surface area contributed by atoms with E-state index in [9.17, 15) is 14.0 Å². The van der Waals surface area contributed by atoms with Crippen molar-refractivity contribution in [1.29, 1.82) is 0 Å². The lowest BCUT2D eigenvalue weighted by molar-refractivity contribution is 0.0940. The molecule has 0 spiro atoms. The van der Waals surface area contributed by atoms with Gasteiger partial charge in [0, 0.05) is 22.5 Å². The molecule has 1 unspecified atom stereocenters. The summed E-state index contributed by atoms with van der Waals surface area (Å²) in [5.74, 6) is -0.614. The number of benzene rings is 2. The van der Waals surface area contributed by atoms with Crippen molar-refractivity contribution in [3.8, 4) is 5.69 Å². The molecule has 0 saturated carbocycles. The number of halogens is 1. The summed E-state index contributed by atoms with van der Waals surface area (Å²) < 4.78 is 14.8. The van der Waals surface area contributed by atoms with Gasteiger partial charge in [-0.2, -0.15) is 5.10 Å². The number of urea groups is 1. The number of primary amides is 1. The number of amides is 3. The lowest BCUT2D eigenvalue weighted by atomic mass is 10.1. The minimum atomic E-state index is -0.699. The summed E-state index contributed by atoms with van der Waals surface area (Å²) in [5, 5.41) is 9.70. The smallest absolute Gasteiger partial charge is 0.316 e. The minimum Gasteiger partial charge on any atom is -0.351 e. The van der Waals surface area contributed by atoms with Crippen LogP contribution in [0.1, 0.15) is 34.6 Å². The zero-order valence-electron chi connectivity index (χ0n) is 15.4. The molecule has 3 aromatic rings. The molecule has 1 atom stereocenters. The van der Waals surface area contributed by atoms with Gasteiger partial charge in [0.15, 0.2) is 0 Å². The summed E-state index contributed by atoms with van der Waals surface area (Å²) >= 11 is 0. The van der Waals surface area contributed by atoms with Gasteiger partial charge in [-0.25, -0.2) is 13.9 Å². The first-order valence-electron chi connectivity index (χ1n) is 8.63. The average Bonchev–Trinajstić information content (AvgIpc) is 3.03. The van der Waals surface area contributed by atoms with Crippen LogP contribution in [-0.2, 0) is 0 Å². The summed E-state index contributed by atoms with van der Waals surface area (Å²) in [6.45, 7) is 3.73. The number of nitrogens with one attached hydrogen (secondary N) is 2. The molecule has 28 heavy (non-hydrogen) atoms. The quantitative estimate of drug-likeness (QED) is 0.632. The van der Waals surface area contributed by atoms with Crippen LogP contribution in [0.25, 0.3) is 5.69 Å². The Bertz CT molecular complexity index is 1010. The third-order valence-electron chi connectivity index (χ3n) is 4.33. The van der Waals surface area contributed by atoms with Gasteiger partial charge in [-0.3, -0.25) is 4.79 Å². The Morgan fingerprint density at radius 3 is 2.57 bits per heavy atom. The second-order valence-electron chi connectivity index (χ2n) is 6.34. The Balaban J connectivity index is 1.76. The molecule has 7 nitrogen and oxygen atoms in total. The first-order chi connectivity index (χ1) is 13.3. The van der Waals surface area contributed by atoms with Crippen LogP contribution in [0.4, 0.5) is 14.9 Å². The Morgan fingerprint density at radius 2 is 1.89 bits per heavy atom. The lowest BCUT2D eigenvalue weighted by Gasteiger charge is -2.15. The summed E-state index contributed by atoms with van der Waals surface area (Å²) in [5.41, 5.74) is 8.33. The van der Waals surface area contributed by atoms with Crippen LogP contribution in [0.15, 0.2) is 54.7 Å². The normalized spacial score (nSPS) is 11.7. The van der Waals surface area contributed by atoms with E-state index in [1.54, 1.807) is 47.3 Å². The number of rotatable bonds is 5. The third kappa shape index (κ3) is 4.17. The van der Waals surface area contributed by atoms with E-state index in [-0.39, 0.29) is 17.8 Å². The van der Waals surface area contributed by atoms with Crippen molar-refractivity contribution >= 4 is 17.6 Å². The van der Waals surface area contributed by atoms with Crippen molar-refractivity contribution in [1.82, 2.24) is 15.1 Å². The van der Waals surface area contributed by atoms with Gasteiger partial charge < -0.3 is 16.4 Å². The van der Waals surface area contributed by atoms with Crippen molar-refractivity contribution in [3.63, 3.8) is 0 Å². The fourth-order valence-corrected chi connectivity index (χ4v) is 2.93. The van der Waals surface area contributed by atoms with Gasteiger partial charge in [-0.15, -0.1) is 0 Å². The fraction of sp³-hybridized carbons (Fsp3) is 0.150. The SMILES string of the molecule is Cc1c(C(C)NC(=O)c2cccc(NC(N)=O)c2)cnn1-c1ccc(F)cc1. The van der Waals surface area contributed by atoms with E-state index in [0.717, 1.165) is 16.9 Å². The summed E-state index contributed by atoms with van der Waals surface area (Å²) in [6.07, 6.45) is 1.68. The van der Waals surface area contributed by atoms with Gasteiger partial charge in [0.25, 0.3) is 5.91 Å². The summed E-state index contributed by atoms with van der Waals surface area (Å²) in [7, 11) is 0. The Hall–Kier alpha value is -3.68. The maximum atomic E-state index is 13.1. The molecule has 3 amide bonds. The molecule has 0 radical (unpaired) electrons. The van der Waals surface area contributed by atoms with E-state index in [1.807, 2.05) is 13.8 Å². The van der Waals surface area contributed by atoms with Crippen LogP contribution in [0.3, 0.4) is 0 Å². The Kier molecular flexibility index (Phi) is 5.39. The molecule has 1 heterocycles. The number of carbonyl (C=O) groups is 2. The van der Waals surface area contributed by atoms with E-state index in [1.165, 1.54) is 12.1 Å². The van der Waals surface area contributed by atoms with Crippen molar-refractivity contribution in [2.24, 2.45) is 5.73 Å². The van der Waals surface area contributed by atoms with Gasteiger partial charge in [0.2, 0.25) is 0 Å². The van der Waals surface area contributed by atoms with Gasteiger partial charge in [0.05, 0.1) is 17.9 Å². The first-order valence-corrected chi connectivity index (χ1v) is 8.63. The molecule has 2 aromatic carbocycles. The van der Waals surface area contributed by atoms with E-state index < -0.39 is 6.03 Å². The van der Waals surface area contributed by atoms with Crippen LogP contribution < -0.4 is 16.4 Å². The standard InChI is InChI=1S/C20H20FN5O2/c1-12(24-19(27)14-4-3-5-16(10-14)25-20(22)28)18-11-23-26(13(18)2)17-8-6-15(21)7-9-17/h3-12H,1-2H3,(H,24,27)(H3,22,25,28). The molecule has 0 bridgehead atoms. The first kappa shape index (κ1) is 19.1. The van der Waals surface area contributed by atoms with Crippen molar-refractivity contribution in [3.05, 3.63) is 77.4 Å². The fourth-order valence-electron chi connectivity index (χ4n) is 2.93. The van der Waals surface area contributed by atoms with Crippen molar-refractivity contribution in [2.45, 2.75) is 19.9 Å². The molecule has 144 valence electrons. The number of nitrogens with zero attached hydrogens (tertiary/aromatic N) is 2. The van der Waals surface area contributed by atoms with Gasteiger partial charge in [0.1, 0.15) is 5.82 Å². The third-order valence-corrected chi connectivity index (χ3v) is 4.33. The Labute approximate surface area is 161 Å². The zero-order chi connectivity index (χ0) is 20.3. The molecule has 4 N–H and O–H groups in total. The van der Waals surface area contributed by atoms with E-state index in [2.05, 4.69) is 15.7 Å². The maximum absolute atomic E-state index is 13.1. The van der Waals surface area contributed by atoms with Crippen LogP contribution in [0.2, 0.25) is 0 Å². The predicted molar refractivity (Wildman–Crippen MR) is 104 cm³/mol. The molecule has 0 aliphatic heterocycles. The molecular formula is C20H20FN5O2. The highest BCUT2D eigenvalue weighted by molar-refractivity contribution is 5.96. The van der Waals surface area contributed by atoms with Gasteiger partial charge in [-0.05, 0) is 56.3 Å². The van der Waals surface area contributed by atoms with Crippen LogP contribution in [-0.4, -0.2) is 21.7 Å². The van der Waals surface area contributed by atoms with Crippen molar-refractivity contribution < 1.29 is 14.0 Å². The summed E-state index contributed by atoms with van der Waals surface area (Å²) in [4.78, 5) is 23.5. The monoisotopic (exact) mass is 381 g/mol. The molecular weight excluding hydrogens is 361 g/mol.